The number of aryl methyl sites for hydroxylation is 1. The maximum Gasteiger partial charge on any atom is 0.277 e. The van der Waals surface area contributed by atoms with Crippen molar-refractivity contribution in [2.45, 2.75) is 55.9 Å². The second-order valence-corrected chi connectivity index (χ2v) is 11.1. The summed E-state index contributed by atoms with van der Waals surface area (Å²) in [4.78, 5) is 20.5. The van der Waals surface area contributed by atoms with Gasteiger partial charge in [0.15, 0.2) is 4.90 Å². The Morgan fingerprint density at radius 2 is 1.87 bits per heavy atom. The lowest BCUT2D eigenvalue weighted by molar-refractivity contribution is 0.412. The molecule has 0 saturated carbocycles. The highest BCUT2D eigenvalue weighted by atomic mass is 32.2. The Morgan fingerprint density at radius 1 is 1.15 bits per heavy atom. The van der Waals surface area contributed by atoms with E-state index in [1.807, 2.05) is 6.92 Å². The zero-order valence-corrected chi connectivity index (χ0v) is 22.5. The van der Waals surface area contributed by atoms with Gasteiger partial charge in [-0.15, -0.1) is 0 Å². The average Bonchev–Trinajstić information content (AvgIpc) is 2.93. The number of unbranched alkanes of at least 4 members (excludes halogenated alkanes) is 1. The number of sulfone groups is 1. The highest BCUT2D eigenvalue weighted by Gasteiger charge is 2.31. The molecule has 0 fully saturated rings. The number of hydrogen-bond donors (Lipinski definition) is 1. The Balaban J connectivity index is 1.85. The fourth-order valence-electron chi connectivity index (χ4n) is 4.47. The Morgan fingerprint density at radius 3 is 2.54 bits per heavy atom. The summed E-state index contributed by atoms with van der Waals surface area (Å²) >= 11 is 0. The van der Waals surface area contributed by atoms with Crippen molar-refractivity contribution in [3.63, 3.8) is 0 Å². The van der Waals surface area contributed by atoms with Crippen LogP contribution in [0.25, 0.3) is 11.1 Å². The van der Waals surface area contributed by atoms with Crippen LogP contribution in [-0.4, -0.2) is 28.1 Å². The van der Waals surface area contributed by atoms with Crippen LogP contribution in [0.5, 0.6) is 5.88 Å². The second-order valence-electron chi connectivity index (χ2n) is 9.17. The van der Waals surface area contributed by atoms with E-state index < -0.39 is 38.2 Å². The summed E-state index contributed by atoms with van der Waals surface area (Å²) in [7, 11) is -4.49. The number of hydrogen-bond acceptors (Lipinski definition) is 7. The molecular weight excluding hydrogens is 519 g/mol. The summed E-state index contributed by atoms with van der Waals surface area (Å²) in [6, 6.07) is 15.3. The molecule has 0 amide bonds. The first-order valence-electron chi connectivity index (χ1n) is 12.4. The molecule has 8 nitrogen and oxygen atoms in total. The molecule has 200 valence electrons. The number of benzene rings is 2. The monoisotopic (exact) mass is 546 g/mol. The van der Waals surface area contributed by atoms with Crippen molar-refractivity contribution in [3.8, 4) is 23.1 Å². The first-order valence-corrected chi connectivity index (χ1v) is 13.9. The minimum absolute atomic E-state index is 0.223. The summed E-state index contributed by atoms with van der Waals surface area (Å²) in [6.07, 6.45) is 3.13. The Labute approximate surface area is 226 Å². The van der Waals surface area contributed by atoms with Crippen molar-refractivity contribution >= 4 is 9.84 Å². The van der Waals surface area contributed by atoms with Crippen molar-refractivity contribution in [1.29, 1.82) is 5.26 Å². The van der Waals surface area contributed by atoms with Gasteiger partial charge in [0, 0.05) is 18.2 Å². The molecule has 2 aromatic heterocycles. The predicted octanol–water partition coefficient (Wildman–Crippen LogP) is 5.11. The number of nitrogens with zero attached hydrogens (tertiary/aromatic N) is 4. The van der Waals surface area contributed by atoms with Crippen LogP contribution in [0.4, 0.5) is 4.39 Å². The van der Waals surface area contributed by atoms with Crippen LogP contribution >= 0.6 is 0 Å². The number of pyridine rings is 1. The number of rotatable bonds is 8. The van der Waals surface area contributed by atoms with Gasteiger partial charge in [-0.25, -0.2) is 13.4 Å². The molecule has 0 bridgehead atoms. The van der Waals surface area contributed by atoms with Crippen molar-refractivity contribution in [1.82, 2.24) is 14.5 Å². The summed E-state index contributed by atoms with van der Waals surface area (Å²) in [5.41, 5.74) is 1.54. The average molecular weight is 547 g/mol. The molecule has 2 heterocycles. The van der Waals surface area contributed by atoms with Crippen LogP contribution < -0.4 is 5.56 Å². The maximum absolute atomic E-state index is 13.9. The minimum Gasteiger partial charge on any atom is -0.492 e. The number of aromatic hydroxyl groups is 1. The molecule has 0 aliphatic rings. The van der Waals surface area contributed by atoms with E-state index >= 15 is 0 Å². The standard InChI is InChI=1S/C29H27FN4O4S/c1-4-5-9-25-33-28(35)26(29(36)34(25)19(3)22-8-6-7-20(16-22)17-31)39(37,38)23-12-10-21(11-13-23)24-14-15-32-27(30)18(24)2/h6-8,10-16,19,35H,4-5,9H2,1-3H3. The van der Waals surface area contributed by atoms with Crippen LogP contribution in [0.15, 0.2) is 75.4 Å². The number of halogens is 1. The molecule has 39 heavy (non-hydrogen) atoms. The molecule has 10 heteroatoms. The largest absolute Gasteiger partial charge is 0.492 e. The second kappa shape index (κ2) is 11.2. The SMILES string of the molecule is CCCCc1nc(O)c(S(=O)(=O)c2ccc(-c3ccnc(F)c3C)cc2)c(=O)n1C(C)c1cccc(C#N)c1. The van der Waals surface area contributed by atoms with Gasteiger partial charge in [0.25, 0.3) is 5.56 Å². The molecule has 4 rings (SSSR count). The molecule has 4 aromatic rings. The van der Waals surface area contributed by atoms with Gasteiger partial charge in [-0.2, -0.15) is 14.6 Å². The number of nitriles is 1. The smallest absolute Gasteiger partial charge is 0.277 e. The first-order chi connectivity index (χ1) is 18.6. The first kappa shape index (κ1) is 27.7. The van der Waals surface area contributed by atoms with E-state index in [-0.39, 0.29) is 10.7 Å². The van der Waals surface area contributed by atoms with E-state index in [0.29, 0.717) is 40.7 Å². The quantitative estimate of drug-likeness (QED) is 0.304. The molecule has 1 unspecified atom stereocenters. The fourth-order valence-corrected chi connectivity index (χ4v) is 5.81. The van der Waals surface area contributed by atoms with Crippen LogP contribution in [0.2, 0.25) is 0 Å². The number of aromatic nitrogens is 3. The summed E-state index contributed by atoms with van der Waals surface area (Å²) in [6.45, 7) is 5.25. The lowest BCUT2D eigenvalue weighted by Gasteiger charge is -2.21. The molecule has 0 spiro atoms. The summed E-state index contributed by atoms with van der Waals surface area (Å²) in [5, 5.41) is 20.0. The molecule has 0 aliphatic heterocycles. The van der Waals surface area contributed by atoms with Crippen molar-refractivity contribution in [2.24, 2.45) is 0 Å². The highest BCUT2D eigenvalue weighted by Crippen LogP contribution is 2.30. The molecule has 2 aromatic carbocycles. The topological polar surface area (TPSA) is 126 Å². The fraction of sp³-hybridized carbons (Fsp3) is 0.241. The Kier molecular flexibility index (Phi) is 7.93. The van der Waals surface area contributed by atoms with Gasteiger partial charge in [-0.3, -0.25) is 9.36 Å². The van der Waals surface area contributed by atoms with Crippen LogP contribution in [0.3, 0.4) is 0 Å². The van der Waals surface area contributed by atoms with Gasteiger partial charge in [-0.1, -0.05) is 37.6 Å². The van der Waals surface area contributed by atoms with Gasteiger partial charge in [0.1, 0.15) is 5.82 Å². The molecule has 0 saturated heterocycles. The normalized spacial score (nSPS) is 12.2. The Bertz CT molecular complexity index is 1740. The minimum atomic E-state index is -4.49. The van der Waals surface area contributed by atoms with Crippen molar-refractivity contribution in [3.05, 3.63) is 99.6 Å². The van der Waals surface area contributed by atoms with Crippen LogP contribution in [0.1, 0.15) is 55.2 Å². The van der Waals surface area contributed by atoms with Gasteiger partial charge in [0.2, 0.25) is 21.7 Å². The van der Waals surface area contributed by atoms with Gasteiger partial charge in [0.05, 0.1) is 22.6 Å². The predicted molar refractivity (Wildman–Crippen MR) is 144 cm³/mol. The lowest BCUT2D eigenvalue weighted by Crippen LogP contribution is -2.32. The van der Waals surface area contributed by atoms with Crippen LogP contribution in [0, 0.1) is 24.2 Å². The van der Waals surface area contributed by atoms with E-state index in [9.17, 15) is 28.0 Å². The summed E-state index contributed by atoms with van der Waals surface area (Å²) < 4.78 is 42.5. The molecule has 1 N–H and O–H groups in total. The van der Waals surface area contributed by atoms with Crippen molar-refractivity contribution in [2.75, 3.05) is 0 Å². The van der Waals surface area contributed by atoms with Gasteiger partial charge < -0.3 is 5.11 Å². The van der Waals surface area contributed by atoms with Gasteiger partial charge >= 0.3 is 0 Å². The van der Waals surface area contributed by atoms with E-state index in [0.717, 1.165) is 6.42 Å². The van der Waals surface area contributed by atoms with Gasteiger partial charge in [-0.05, 0) is 67.3 Å². The third-order valence-corrected chi connectivity index (χ3v) is 8.44. The third-order valence-electron chi connectivity index (χ3n) is 6.66. The van der Waals surface area contributed by atoms with E-state index in [2.05, 4.69) is 16.0 Å². The molecule has 0 aliphatic carbocycles. The summed E-state index contributed by atoms with van der Waals surface area (Å²) in [5.74, 6) is -1.24. The highest BCUT2D eigenvalue weighted by molar-refractivity contribution is 7.91. The molecule has 0 radical (unpaired) electrons. The van der Waals surface area contributed by atoms with E-state index in [1.165, 1.54) is 35.0 Å². The zero-order valence-electron chi connectivity index (χ0n) is 21.7. The zero-order chi connectivity index (χ0) is 28.3. The van der Waals surface area contributed by atoms with E-state index in [4.69, 9.17) is 0 Å². The molecule has 1 atom stereocenters. The van der Waals surface area contributed by atoms with Crippen molar-refractivity contribution < 1.29 is 17.9 Å². The third kappa shape index (κ3) is 5.31. The maximum atomic E-state index is 13.9. The van der Waals surface area contributed by atoms with Crippen LogP contribution in [-0.2, 0) is 16.3 Å². The molecular formula is C29H27FN4O4S. The lowest BCUT2D eigenvalue weighted by atomic mass is 10.0. The Hall–Kier alpha value is -4.36. The van der Waals surface area contributed by atoms with E-state index in [1.54, 1.807) is 44.2 Å².